The quantitative estimate of drug-likeness (QED) is 0.898. The van der Waals surface area contributed by atoms with Crippen LogP contribution in [0, 0.1) is 0 Å². The Hall–Kier alpha value is -1.02. The molecule has 0 aromatic carbocycles. The van der Waals surface area contributed by atoms with Gasteiger partial charge in [0.2, 0.25) is 11.5 Å². The number of aromatic nitrogens is 4. The normalized spacial score (nSPS) is 10.2. The molecule has 13 heavy (non-hydrogen) atoms. The molecular weight excluding hydrogens is 258 g/mol. The molecule has 0 aliphatic carbocycles. The molecule has 0 amide bonds. The lowest BCUT2D eigenvalue weighted by molar-refractivity contribution is 0.411. The first-order chi connectivity index (χ1) is 6.34. The van der Waals surface area contributed by atoms with E-state index in [1.54, 1.807) is 0 Å². The molecule has 2 aromatic heterocycles. The number of nitrogens with one attached hydrogen (secondary N) is 1. The van der Waals surface area contributed by atoms with Gasteiger partial charge in [-0.25, -0.2) is 0 Å². The fourth-order valence-electron chi connectivity index (χ4n) is 0.702. The molecule has 2 rings (SSSR count). The van der Waals surface area contributed by atoms with Gasteiger partial charge in [-0.15, -0.1) is 10.2 Å². The van der Waals surface area contributed by atoms with Gasteiger partial charge in [0.1, 0.15) is 0 Å². The molecule has 0 fully saturated rings. The molecule has 1 N–H and O–H groups in total. The zero-order chi connectivity index (χ0) is 9.10. The average Bonchev–Trinajstić information content (AvgIpc) is 2.71. The van der Waals surface area contributed by atoms with Crippen molar-refractivity contribution in [2.45, 2.75) is 6.54 Å². The van der Waals surface area contributed by atoms with Crippen molar-refractivity contribution >= 4 is 32.4 Å². The Morgan fingerprint density at radius 2 is 2.46 bits per heavy atom. The van der Waals surface area contributed by atoms with Gasteiger partial charge in [-0.3, -0.25) is 0 Å². The predicted octanol–water partition coefficient (Wildman–Crippen LogP) is 1.30. The smallest absolute Gasteiger partial charge is 0.213 e. The lowest BCUT2D eigenvalue weighted by Gasteiger charge is -1.94. The molecule has 68 valence electrons. The largest absolute Gasteiger partial charge is 0.353 e. The zero-order valence-electron chi connectivity index (χ0n) is 6.27. The summed E-state index contributed by atoms with van der Waals surface area (Å²) in [4.78, 5) is 3.84. The molecule has 0 aliphatic heterocycles. The first-order valence-electron chi connectivity index (χ1n) is 3.33. The Morgan fingerprint density at radius 3 is 3.08 bits per heavy atom. The van der Waals surface area contributed by atoms with Crippen LogP contribution in [0.5, 0.6) is 0 Å². The van der Waals surface area contributed by atoms with E-state index >= 15 is 0 Å². The highest BCUT2D eigenvalue weighted by Gasteiger charge is 2.02. The van der Waals surface area contributed by atoms with Crippen LogP contribution in [-0.4, -0.2) is 20.3 Å². The van der Waals surface area contributed by atoms with E-state index in [1.807, 2.05) is 0 Å². The molecule has 0 aliphatic rings. The predicted molar refractivity (Wildman–Crippen MR) is 49.2 cm³/mol. The van der Waals surface area contributed by atoms with Crippen molar-refractivity contribution in [1.82, 2.24) is 20.3 Å². The summed E-state index contributed by atoms with van der Waals surface area (Å²) in [7, 11) is 0. The van der Waals surface area contributed by atoms with Crippen molar-refractivity contribution in [3.8, 4) is 0 Å². The summed E-state index contributed by atoms with van der Waals surface area (Å²) in [5.41, 5.74) is 0. The molecule has 0 saturated carbocycles. The van der Waals surface area contributed by atoms with Gasteiger partial charge in [0.15, 0.2) is 9.74 Å². The minimum Gasteiger partial charge on any atom is -0.353 e. The number of hydrogen-bond acceptors (Lipinski definition) is 7. The Kier molecular flexibility index (Phi) is 2.50. The summed E-state index contributed by atoms with van der Waals surface area (Å²) in [6.45, 7) is 0.484. The van der Waals surface area contributed by atoms with E-state index in [0.29, 0.717) is 12.4 Å². The van der Waals surface area contributed by atoms with Gasteiger partial charge in [0.05, 0.1) is 6.54 Å². The third-order valence-corrected chi connectivity index (χ3v) is 2.52. The summed E-state index contributed by atoms with van der Waals surface area (Å²) in [5.74, 6) is 0.589. The monoisotopic (exact) mass is 261 g/mol. The van der Waals surface area contributed by atoms with E-state index in [4.69, 9.17) is 0 Å². The van der Waals surface area contributed by atoms with Crippen LogP contribution in [0.15, 0.2) is 14.8 Å². The molecular formula is C5H4BrN5OS. The first-order valence-corrected chi connectivity index (χ1v) is 4.93. The van der Waals surface area contributed by atoms with Gasteiger partial charge in [-0.2, -0.15) is 4.98 Å². The van der Waals surface area contributed by atoms with Crippen molar-refractivity contribution in [1.29, 1.82) is 0 Å². The van der Waals surface area contributed by atoms with Crippen LogP contribution in [0.25, 0.3) is 0 Å². The molecule has 2 heterocycles. The van der Waals surface area contributed by atoms with Crippen molar-refractivity contribution in [3.63, 3.8) is 0 Å². The fourth-order valence-corrected chi connectivity index (χ4v) is 1.71. The van der Waals surface area contributed by atoms with E-state index < -0.39 is 0 Å². The van der Waals surface area contributed by atoms with Gasteiger partial charge in [0, 0.05) is 0 Å². The Balaban J connectivity index is 1.93. The molecule has 0 unspecified atom stereocenters. The Morgan fingerprint density at radius 1 is 1.54 bits per heavy atom. The second-order valence-corrected chi connectivity index (χ2v) is 4.31. The number of anilines is 1. The molecule has 2 aromatic rings. The number of hydrogen-bond donors (Lipinski definition) is 1. The van der Waals surface area contributed by atoms with Crippen molar-refractivity contribution in [3.05, 3.63) is 16.1 Å². The highest BCUT2D eigenvalue weighted by molar-refractivity contribution is 9.11. The molecule has 8 heteroatoms. The van der Waals surface area contributed by atoms with Gasteiger partial charge < -0.3 is 9.84 Å². The fraction of sp³-hybridized carbons (Fsp3) is 0.200. The average molecular weight is 262 g/mol. The van der Waals surface area contributed by atoms with Crippen LogP contribution in [0.4, 0.5) is 5.13 Å². The number of rotatable bonds is 3. The van der Waals surface area contributed by atoms with Crippen molar-refractivity contribution < 1.29 is 4.52 Å². The SMILES string of the molecule is Brc1nnc(NCc2ncon2)s1. The van der Waals surface area contributed by atoms with E-state index in [9.17, 15) is 0 Å². The molecule has 0 saturated heterocycles. The molecule has 0 bridgehead atoms. The lowest BCUT2D eigenvalue weighted by Crippen LogP contribution is -2.00. The van der Waals surface area contributed by atoms with E-state index in [0.717, 1.165) is 9.05 Å². The molecule has 0 spiro atoms. The van der Waals surface area contributed by atoms with Crippen LogP contribution in [0.2, 0.25) is 0 Å². The highest BCUT2D eigenvalue weighted by Crippen LogP contribution is 2.20. The number of nitrogens with zero attached hydrogens (tertiary/aromatic N) is 4. The zero-order valence-corrected chi connectivity index (χ0v) is 8.67. The summed E-state index contributed by atoms with van der Waals surface area (Å²) in [6, 6.07) is 0. The van der Waals surface area contributed by atoms with Crippen LogP contribution in [-0.2, 0) is 6.54 Å². The van der Waals surface area contributed by atoms with Crippen LogP contribution in [0.3, 0.4) is 0 Å². The Bertz CT molecular complexity index is 374. The molecule has 6 nitrogen and oxygen atoms in total. The highest BCUT2D eigenvalue weighted by atomic mass is 79.9. The second-order valence-electron chi connectivity index (χ2n) is 2.06. The first kappa shape index (κ1) is 8.57. The minimum atomic E-state index is 0.484. The van der Waals surface area contributed by atoms with Gasteiger partial charge >= 0.3 is 0 Å². The summed E-state index contributed by atoms with van der Waals surface area (Å²) in [5, 5.41) is 15.0. The van der Waals surface area contributed by atoms with Crippen LogP contribution in [0.1, 0.15) is 5.82 Å². The lowest BCUT2D eigenvalue weighted by atomic mass is 10.6. The maximum Gasteiger partial charge on any atom is 0.213 e. The third-order valence-electron chi connectivity index (χ3n) is 1.21. The van der Waals surface area contributed by atoms with Gasteiger partial charge in [-0.05, 0) is 15.9 Å². The van der Waals surface area contributed by atoms with Gasteiger partial charge in [0.25, 0.3) is 0 Å². The molecule has 0 atom stereocenters. The van der Waals surface area contributed by atoms with Crippen molar-refractivity contribution in [2.75, 3.05) is 5.32 Å². The van der Waals surface area contributed by atoms with E-state index in [-0.39, 0.29) is 0 Å². The van der Waals surface area contributed by atoms with Crippen LogP contribution < -0.4 is 5.32 Å². The van der Waals surface area contributed by atoms with Crippen molar-refractivity contribution in [2.24, 2.45) is 0 Å². The third kappa shape index (κ3) is 2.22. The summed E-state index contributed by atoms with van der Waals surface area (Å²) in [6.07, 6.45) is 1.28. The maximum atomic E-state index is 4.57. The number of halogens is 1. The van der Waals surface area contributed by atoms with E-state index in [1.165, 1.54) is 17.7 Å². The topological polar surface area (TPSA) is 76.7 Å². The summed E-state index contributed by atoms with van der Waals surface area (Å²) >= 11 is 4.61. The maximum absolute atomic E-state index is 4.57. The summed E-state index contributed by atoms with van der Waals surface area (Å²) < 4.78 is 5.30. The van der Waals surface area contributed by atoms with E-state index in [2.05, 4.69) is 46.1 Å². The second kappa shape index (κ2) is 3.79. The minimum absolute atomic E-state index is 0.484. The molecule has 0 radical (unpaired) electrons. The van der Waals surface area contributed by atoms with Crippen LogP contribution >= 0.6 is 27.3 Å². The standard InChI is InChI=1S/C5H4BrN5OS/c6-4-9-10-5(13-4)7-1-3-8-2-12-11-3/h2H,1H2,(H,7,10). The Labute approximate surface area is 85.5 Å². The van der Waals surface area contributed by atoms with Gasteiger partial charge in [-0.1, -0.05) is 16.5 Å².